The number of benzene rings is 1. The van der Waals surface area contributed by atoms with Gasteiger partial charge >= 0.3 is 6.18 Å². The summed E-state index contributed by atoms with van der Waals surface area (Å²) in [5.74, 6) is -0.0773. The number of hydrogen-bond donors (Lipinski definition) is 1. The second-order valence-electron chi connectivity index (χ2n) is 3.99. The Morgan fingerprint density at radius 2 is 1.90 bits per heavy atom. The molecule has 0 aliphatic rings. The van der Waals surface area contributed by atoms with Crippen molar-refractivity contribution in [1.29, 1.82) is 0 Å². The Morgan fingerprint density at radius 3 is 2.55 bits per heavy atom. The molecule has 7 heteroatoms. The monoisotopic (exact) mass is 283 g/mol. The summed E-state index contributed by atoms with van der Waals surface area (Å²) in [4.78, 5) is 7.64. The SMILES string of the molecule is CCc1c(N)ncnc1Oc1ccccc1C(F)(F)F. The van der Waals surface area contributed by atoms with Gasteiger partial charge in [-0.25, -0.2) is 9.97 Å². The van der Waals surface area contributed by atoms with Crippen LogP contribution in [0.25, 0.3) is 0 Å². The Balaban J connectivity index is 2.44. The van der Waals surface area contributed by atoms with Crippen LogP contribution in [0.5, 0.6) is 11.6 Å². The van der Waals surface area contributed by atoms with E-state index in [2.05, 4.69) is 9.97 Å². The summed E-state index contributed by atoms with van der Waals surface area (Å²) in [7, 11) is 0. The number of rotatable bonds is 3. The molecule has 1 heterocycles. The van der Waals surface area contributed by atoms with E-state index in [4.69, 9.17) is 10.5 Å². The summed E-state index contributed by atoms with van der Waals surface area (Å²) in [5, 5.41) is 0. The van der Waals surface area contributed by atoms with Gasteiger partial charge in [0, 0.05) is 0 Å². The molecular formula is C13H12F3N3O. The van der Waals surface area contributed by atoms with Crippen LogP contribution in [0.4, 0.5) is 19.0 Å². The summed E-state index contributed by atoms with van der Waals surface area (Å²) in [6.45, 7) is 1.79. The van der Waals surface area contributed by atoms with E-state index in [0.29, 0.717) is 12.0 Å². The maximum absolute atomic E-state index is 12.9. The van der Waals surface area contributed by atoms with Crippen LogP contribution in [-0.2, 0) is 12.6 Å². The summed E-state index contributed by atoms with van der Waals surface area (Å²) in [6, 6.07) is 4.94. The van der Waals surface area contributed by atoms with Gasteiger partial charge in [-0.3, -0.25) is 0 Å². The van der Waals surface area contributed by atoms with Crippen molar-refractivity contribution in [3.05, 3.63) is 41.7 Å². The van der Waals surface area contributed by atoms with Crippen molar-refractivity contribution in [3.8, 4) is 11.6 Å². The summed E-state index contributed by atoms with van der Waals surface area (Å²) < 4.78 is 43.9. The van der Waals surface area contributed by atoms with Gasteiger partial charge in [-0.15, -0.1) is 0 Å². The molecule has 1 aromatic carbocycles. The van der Waals surface area contributed by atoms with Crippen LogP contribution in [0.2, 0.25) is 0 Å². The summed E-state index contributed by atoms with van der Waals surface area (Å²) in [6.07, 6.45) is -2.89. The zero-order valence-corrected chi connectivity index (χ0v) is 10.6. The zero-order valence-electron chi connectivity index (χ0n) is 10.6. The quantitative estimate of drug-likeness (QED) is 0.937. The van der Waals surface area contributed by atoms with Crippen LogP contribution in [0.3, 0.4) is 0 Å². The number of ether oxygens (including phenoxy) is 1. The number of para-hydroxylation sites is 1. The highest BCUT2D eigenvalue weighted by Gasteiger charge is 2.34. The Hall–Kier alpha value is -2.31. The molecule has 0 amide bonds. The van der Waals surface area contributed by atoms with E-state index in [1.807, 2.05) is 0 Å². The zero-order chi connectivity index (χ0) is 14.8. The Kier molecular flexibility index (Phi) is 3.78. The number of nitrogens with zero attached hydrogens (tertiary/aromatic N) is 2. The first kappa shape index (κ1) is 14.1. The number of halogens is 3. The summed E-state index contributed by atoms with van der Waals surface area (Å²) in [5.41, 5.74) is 5.27. The lowest BCUT2D eigenvalue weighted by atomic mass is 10.2. The van der Waals surface area contributed by atoms with E-state index < -0.39 is 11.7 Å². The van der Waals surface area contributed by atoms with Crippen molar-refractivity contribution in [2.45, 2.75) is 19.5 Å². The average Bonchev–Trinajstić information content (AvgIpc) is 2.38. The maximum atomic E-state index is 12.9. The van der Waals surface area contributed by atoms with E-state index in [1.54, 1.807) is 6.92 Å². The fourth-order valence-corrected chi connectivity index (χ4v) is 1.72. The standard InChI is InChI=1S/C13H12F3N3O/c1-2-8-11(17)18-7-19-12(8)20-10-6-4-3-5-9(10)13(14,15)16/h3-7H,2H2,1H3,(H2,17,18,19). The Morgan fingerprint density at radius 1 is 1.20 bits per heavy atom. The first-order valence-electron chi connectivity index (χ1n) is 5.87. The van der Waals surface area contributed by atoms with E-state index >= 15 is 0 Å². The lowest BCUT2D eigenvalue weighted by Crippen LogP contribution is -2.08. The van der Waals surface area contributed by atoms with Crippen LogP contribution >= 0.6 is 0 Å². The molecular weight excluding hydrogens is 271 g/mol. The average molecular weight is 283 g/mol. The molecule has 0 fully saturated rings. The second kappa shape index (κ2) is 5.36. The van der Waals surface area contributed by atoms with E-state index in [1.165, 1.54) is 18.2 Å². The van der Waals surface area contributed by atoms with Crippen molar-refractivity contribution in [3.63, 3.8) is 0 Å². The van der Waals surface area contributed by atoms with Gasteiger partial charge in [0.25, 0.3) is 0 Å². The lowest BCUT2D eigenvalue weighted by molar-refractivity contribution is -0.138. The predicted octanol–water partition coefficient (Wildman–Crippen LogP) is 3.43. The molecule has 0 atom stereocenters. The van der Waals surface area contributed by atoms with Crippen LogP contribution in [0, 0.1) is 0 Å². The minimum Gasteiger partial charge on any atom is -0.438 e. The van der Waals surface area contributed by atoms with E-state index in [0.717, 1.165) is 12.4 Å². The highest BCUT2D eigenvalue weighted by molar-refractivity contribution is 5.47. The third-order valence-corrected chi connectivity index (χ3v) is 2.69. The first-order valence-corrected chi connectivity index (χ1v) is 5.87. The van der Waals surface area contributed by atoms with Gasteiger partial charge in [0.05, 0.1) is 11.1 Å². The molecule has 20 heavy (non-hydrogen) atoms. The third-order valence-electron chi connectivity index (χ3n) is 2.69. The minimum atomic E-state index is -4.50. The molecule has 106 valence electrons. The number of alkyl halides is 3. The number of hydrogen-bond acceptors (Lipinski definition) is 4. The molecule has 0 saturated carbocycles. The van der Waals surface area contributed by atoms with Crippen molar-refractivity contribution >= 4 is 5.82 Å². The molecule has 0 spiro atoms. The number of anilines is 1. The van der Waals surface area contributed by atoms with Crippen molar-refractivity contribution in [2.75, 3.05) is 5.73 Å². The molecule has 1 aromatic heterocycles. The van der Waals surface area contributed by atoms with E-state index in [9.17, 15) is 13.2 Å². The van der Waals surface area contributed by atoms with Crippen molar-refractivity contribution in [2.24, 2.45) is 0 Å². The topological polar surface area (TPSA) is 61.0 Å². The smallest absolute Gasteiger partial charge is 0.419 e. The highest BCUT2D eigenvalue weighted by Crippen LogP contribution is 2.38. The van der Waals surface area contributed by atoms with Crippen LogP contribution in [0.15, 0.2) is 30.6 Å². The molecule has 2 aromatic rings. The van der Waals surface area contributed by atoms with E-state index in [-0.39, 0.29) is 17.4 Å². The Labute approximate surface area is 113 Å². The number of aromatic nitrogens is 2. The van der Waals surface area contributed by atoms with Crippen LogP contribution in [0.1, 0.15) is 18.1 Å². The van der Waals surface area contributed by atoms with Gasteiger partial charge in [-0.2, -0.15) is 13.2 Å². The van der Waals surface area contributed by atoms with Gasteiger partial charge in [0.2, 0.25) is 5.88 Å². The minimum absolute atomic E-state index is 0.0386. The molecule has 0 aliphatic carbocycles. The van der Waals surface area contributed by atoms with Crippen LogP contribution in [-0.4, -0.2) is 9.97 Å². The van der Waals surface area contributed by atoms with Crippen molar-refractivity contribution < 1.29 is 17.9 Å². The van der Waals surface area contributed by atoms with Gasteiger partial charge in [0.15, 0.2) is 0 Å². The van der Waals surface area contributed by atoms with Gasteiger partial charge in [-0.1, -0.05) is 19.1 Å². The normalized spacial score (nSPS) is 11.4. The molecule has 0 radical (unpaired) electrons. The van der Waals surface area contributed by atoms with Gasteiger partial charge < -0.3 is 10.5 Å². The maximum Gasteiger partial charge on any atom is 0.419 e. The number of nitrogens with two attached hydrogens (primary N) is 1. The highest BCUT2D eigenvalue weighted by atomic mass is 19.4. The number of nitrogen functional groups attached to an aromatic ring is 1. The van der Waals surface area contributed by atoms with Gasteiger partial charge in [-0.05, 0) is 18.6 Å². The van der Waals surface area contributed by atoms with Gasteiger partial charge in [0.1, 0.15) is 17.9 Å². The predicted molar refractivity (Wildman–Crippen MR) is 67.3 cm³/mol. The second-order valence-corrected chi connectivity index (χ2v) is 3.99. The molecule has 0 unspecified atom stereocenters. The largest absolute Gasteiger partial charge is 0.438 e. The summed E-state index contributed by atoms with van der Waals surface area (Å²) >= 11 is 0. The molecule has 0 bridgehead atoms. The fourth-order valence-electron chi connectivity index (χ4n) is 1.72. The first-order chi connectivity index (χ1) is 9.43. The van der Waals surface area contributed by atoms with Crippen molar-refractivity contribution in [1.82, 2.24) is 9.97 Å². The molecule has 4 nitrogen and oxygen atoms in total. The third kappa shape index (κ3) is 2.81. The molecule has 2 N–H and O–H groups in total. The molecule has 0 aliphatic heterocycles. The van der Waals surface area contributed by atoms with Crippen LogP contribution < -0.4 is 10.5 Å². The molecule has 2 rings (SSSR count). The molecule has 0 saturated heterocycles. The fraction of sp³-hybridized carbons (Fsp3) is 0.231. The lowest BCUT2D eigenvalue weighted by Gasteiger charge is -2.14. The Bertz CT molecular complexity index is 614.